The minimum Gasteiger partial charge on any atom is -0.365 e. The van der Waals surface area contributed by atoms with Gasteiger partial charge in [-0.05, 0) is 44.9 Å². The molecule has 2 unspecified atom stereocenters. The number of rotatable bonds is 5. The van der Waals surface area contributed by atoms with Crippen LogP contribution < -0.4 is 10.6 Å². The molecule has 0 spiro atoms. The van der Waals surface area contributed by atoms with Crippen LogP contribution in [0.2, 0.25) is 5.02 Å². The van der Waals surface area contributed by atoms with Gasteiger partial charge >= 0.3 is 0 Å². The highest BCUT2D eigenvalue weighted by Gasteiger charge is 2.23. The molecular formula is C23H24ClF2N7O. The summed E-state index contributed by atoms with van der Waals surface area (Å²) >= 11 is 5.98. The Morgan fingerprint density at radius 2 is 1.97 bits per heavy atom. The second-order valence-electron chi connectivity index (χ2n) is 8.02. The zero-order chi connectivity index (χ0) is 24.1. The lowest BCUT2D eigenvalue weighted by molar-refractivity contribution is 0.111. The van der Waals surface area contributed by atoms with E-state index in [2.05, 4.69) is 35.6 Å². The smallest absolute Gasteiger partial charge is 0.183 e. The van der Waals surface area contributed by atoms with Crippen molar-refractivity contribution in [2.75, 3.05) is 12.4 Å². The van der Waals surface area contributed by atoms with Crippen molar-refractivity contribution in [2.45, 2.75) is 37.8 Å². The fraction of sp³-hybridized carbons (Fsp3) is 0.304. The van der Waals surface area contributed by atoms with Crippen molar-refractivity contribution in [2.24, 2.45) is 0 Å². The molecule has 0 bridgehead atoms. The second kappa shape index (κ2) is 10.7. The van der Waals surface area contributed by atoms with Crippen LogP contribution in [0, 0.1) is 11.6 Å². The van der Waals surface area contributed by atoms with Crippen LogP contribution in [0.15, 0.2) is 37.1 Å². The molecule has 1 saturated carbocycles. The number of aldehydes is 1. The summed E-state index contributed by atoms with van der Waals surface area (Å²) in [5, 5.41) is 7.33. The molecular weight excluding hydrogens is 464 g/mol. The first-order valence-electron chi connectivity index (χ1n) is 10.8. The molecule has 3 heterocycles. The van der Waals surface area contributed by atoms with Gasteiger partial charge in [-0.2, -0.15) is 0 Å². The van der Waals surface area contributed by atoms with Crippen molar-refractivity contribution in [3.63, 3.8) is 0 Å². The Morgan fingerprint density at radius 3 is 2.68 bits per heavy atom. The quantitative estimate of drug-likeness (QED) is 0.303. The number of nitrogens with zero attached hydrogens (tertiary/aromatic N) is 3. The number of carbonyl (C=O) groups is 1. The maximum atomic E-state index is 14.3. The molecule has 0 aliphatic heterocycles. The van der Waals surface area contributed by atoms with Gasteiger partial charge in [0, 0.05) is 34.3 Å². The maximum Gasteiger partial charge on any atom is 0.183 e. The largest absolute Gasteiger partial charge is 0.365 e. The van der Waals surface area contributed by atoms with Gasteiger partial charge in [-0.3, -0.25) is 4.79 Å². The van der Waals surface area contributed by atoms with Gasteiger partial charge in [-0.25, -0.2) is 23.7 Å². The van der Waals surface area contributed by atoms with Crippen LogP contribution in [0.25, 0.3) is 22.3 Å². The molecule has 1 aliphatic carbocycles. The van der Waals surface area contributed by atoms with Crippen molar-refractivity contribution < 1.29 is 13.6 Å². The molecule has 34 heavy (non-hydrogen) atoms. The van der Waals surface area contributed by atoms with E-state index in [0.29, 0.717) is 40.3 Å². The van der Waals surface area contributed by atoms with Crippen molar-refractivity contribution in [1.82, 2.24) is 30.2 Å². The Morgan fingerprint density at radius 1 is 1.15 bits per heavy atom. The predicted octanol–water partition coefficient (Wildman–Crippen LogP) is 4.72. The number of aromatic amines is 2. The van der Waals surface area contributed by atoms with Crippen LogP contribution in [-0.2, 0) is 0 Å². The number of imidazole rings is 1. The fourth-order valence-corrected chi connectivity index (χ4v) is 4.25. The molecule has 4 N–H and O–H groups in total. The average molecular weight is 488 g/mol. The van der Waals surface area contributed by atoms with E-state index in [9.17, 15) is 13.6 Å². The Kier molecular flexibility index (Phi) is 7.49. The van der Waals surface area contributed by atoms with E-state index >= 15 is 0 Å². The highest BCUT2D eigenvalue weighted by atomic mass is 35.5. The topological polar surface area (TPSA) is 111 Å². The molecule has 5 rings (SSSR count). The molecule has 0 amide bonds. The zero-order valence-corrected chi connectivity index (χ0v) is 19.2. The first kappa shape index (κ1) is 23.8. The summed E-state index contributed by atoms with van der Waals surface area (Å²) in [6.45, 7) is 0. The van der Waals surface area contributed by atoms with E-state index < -0.39 is 11.6 Å². The summed E-state index contributed by atoms with van der Waals surface area (Å²) in [6.07, 6.45) is 10.5. The van der Waals surface area contributed by atoms with Crippen LogP contribution in [-0.4, -0.2) is 50.3 Å². The number of H-pyrrole nitrogens is 2. The lowest BCUT2D eigenvalue weighted by Gasteiger charge is -2.29. The van der Waals surface area contributed by atoms with Crippen LogP contribution in [0.5, 0.6) is 0 Å². The summed E-state index contributed by atoms with van der Waals surface area (Å²) in [5.41, 5.74) is 1.41. The number of halogens is 3. The van der Waals surface area contributed by atoms with E-state index in [0.717, 1.165) is 31.9 Å². The molecule has 8 nitrogen and oxygen atoms in total. The van der Waals surface area contributed by atoms with Gasteiger partial charge < -0.3 is 20.6 Å². The van der Waals surface area contributed by atoms with Gasteiger partial charge in [-0.1, -0.05) is 11.6 Å². The second-order valence-corrected chi connectivity index (χ2v) is 8.46. The zero-order valence-electron chi connectivity index (χ0n) is 18.4. The van der Waals surface area contributed by atoms with Gasteiger partial charge in [0.05, 0.1) is 29.9 Å². The lowest BCUT2D eigenvalue weighted by Crippen LogP contribution is -2.37. The predicted molar refractivity (Wildman–Crippen MR) is 127 cm³/mol. The number of carbonyl (C=O) groups excluding carboxylic acids is 1. The standard InChI is InChI=1S/C19H20ClF2N5.C4H4N2O/c1-23-11-3-2-4-12(7-11)26-19-16(22)9-25-18(27-19)14-8-24-17-13(14)5-10(20)6-15(17)21;7-2-4-1-5-3-6-4/h5-6,8-9,11-12,23-24H,2-4,7H2,1H3,(H,25,26,27);1-3H,(H,5,6). The van der Waals surface area contributed by atoms with Crippen molar-refractivity contribution in [1.29, 1.82) is 0 Å². The first-order valence-corrected chi connectivity index (χ1v) is 11.2. The molecule has 0 saturated heterocycles. The van der Waals surface area contributed by atoms with Gasteiger partial charge in [0.25, 0.3) is 0 Å². The van der Waals surface area contributed by atoms with Crippen LogP contribution >= 0.6 is 11.6 Å². The number of hydrogen-bond donors (Lipinski definition) is 4. The molecule has 4 aromatic rings. The molecule has 11 heteroatoms. The normalized spacial score (nSPS) is 17.8. The molecule has 0 radical (unpaired) electrons. The monoisotopic (exact) mass is 487 g/mol. The van der Waals surface area contributed by atoms with Gasteiger partial charge in [-0.15, -0.1) is 0 Å². The SMILES string of the molecule is CNC1CCCC(Nc2nc(-c3c[nH]c4c(F)cc(Cl)cc34)ncc2F)C1.O=Cc1cnc[nH]1. The molecule has 1 aliphatic rings. The third-order valence-electron chi connectivity index (χ3n) is 5.76. The maximum absolute atomic E-state index is 14.3. The number of fused-ring (bicyclic) bond motifs is 1. The van der Waals surface area contributed by atoms with Crippen molar-refractivity contribution >= 4 is 34.6 Å². The Hall–Kier alpha value is -3.37. The Labute approximate surface area is 199 Å². The van der Waals surface area contributed by atoms with Crippen molar-refractivity contribution in [3.8, 4) is 11.4 Å². The van der Waals surface area contributed by atoms with Gasteiger partial charge in [0.1, 0.15) is 5.82 Å². The summed E-state index contributed by atoms with van der Waals surface area (Å²) in [7, 11) is 1.94. The van der Waals surface area contributed by atoms with E-state index in [1.54, 1.807) is 12.3 Å². The fourth-order valence-electron chi connectivity index (χ4n) is 4.05. The molecule has 178 valence electrons. The van der Waals surface area contributed by atoms with E-state index in [1.165, 1.54) is 18.6 Å². The average Bonchev–Trinajstić information content (AvgIpc) is 3.51. The number of anilines is 1. The third-order valence-corrected chi connectivity index (χ3v) is 5.98. The third kappa shape index (κ3) is 5.40. The molecule has 3 aromatic heterocycles. The van der Waals surface area contributed by atoms with Crippen molar-refractivity contribution in [3.05, 3.63) is 59.4 Å². The van der Waals surface area contributed by atoms with E-state index in [4.69, 9.17) is 11.6 Å². The number of hydrogen-bond acceptors (Lipinski definition) is 6. The minimum atomic E-state index is -0.505. The molecule has 1 fully saturated rings. The summed E-state index contributed by atoms with van der Waals surface area (Å²) in [5.74, 6) is -0.481. The van der Waals surface area contributed by atoms with E-state index in [1.807, 2.05) is 7.05 Å². The van der Waals surface area contributed by atoms with E-state index in [-0.39, 0.29) is 16.9 Å². The highest BCUT2D eigenvalue weighted by Crippen LogP contribution is 2.31. The lowest BCUT2D eigenvalue weighted by atomic mass is 9.91. The Balaban J connectivity index is 0.000000336. The summed E-state index contributed by atoms with van der Waals surface area (Å²) < 4.78 is 28.4. The first-order chi connectivity index (χ1) is 16.5. The summed E-state index contributed by atoms with van der Waals surface area (Å²) in [6, 6.07) is 3.44. The highest BCUT2D eigenvalue weighted by molar-refractivity contribution is 6.31. The number of nitrogens with one attached hydrogen (secondary N) is 4. The number of aromatic nitrogens is 5. The van der Waals surface area contributed by atoms with Crippen LogP contribution in [0.3, 0.4) is 0 Å². The minimum absolute atomic E-state index is 0.142. The van der Waals surface area contributed by atoms with Gasteiger partial charge in [0.2, 0.25) is 0 Å². The molecule has 1 aromatic carbocycles. The van der Waals surface area contributed by atoms with Crippen LogP contribution in [0.1, 0.15) is 36.2 Å². The Bertz CT molecular complexity index is 1260. The van der Waals surface area contributed by atoms with Gasteiger partial charge in [0.15, 0.2) is 23.7 Å². The summed E-state index contributed by atoms with van der Waals surface area (Å²) in [4.78, 5) is 27.3. The molecule has 2 atom stereocenters. The number of benzene rings is 1. The van der Waals surface area contributed by atoms with Crippen LogP contribution in [0.4, 0.5) is 14.6 Å².